The first kappa shape index (κ1) is 5.49. The molecule has 0 aromatic carbocycles. The van der Waals surface area contributed by atoms with Gasteiger partial charge in [0.1, 0.15) is 6.26 Å². The molecular weight excluding hydrogens is 100 g/mol. The minimum Gasteiger partial charge on any atom is -0.346 e. The van der Waals surface area contributed by atoms with E-state index in [1.54, 1.807) is 0 Å². The molecule has 3 nitrogen and oxygen atoms in total. The van der Waals surface area contributed by atoms with Crippen LogP contribution in [0.3, 0.4) is 0 Å². The van der Waals surface area contributed by atoms with Crippen molar-refractivity contribution in [3.05, 3.63) is 12.5 Å². The van der Waals surface area contributed by atoms with Crippen LogP contribution >= 0.6 is 13.5 Å². The van der Waals surface area contributed by atoms with E-state index in [9.17, 15) is 0 Å². The maximum Gasteiger partial charge on any atom is 0.144 e. The second kappa shape index (κ2) is 2.71. The Kier molecular flexibility index (Phi) is 2.48. The lowest BCUT2D eigenvalue weighted by Crippen LogP contribution is -1.53. The van der Waals surface area contributed by atoms with Gasteiger partial charge in [-0.2, -0.15) is 13.5 Å². The van der Waals surface area contributed by atoms with Crippen LogP contribution in [0.1, 0.15) is 0 Å². The van der Waals surface area contributed by atoms with Crippen molar-refractivity contribution in [2.75, 3.05) is 0 Å². The van der Waals surface area contributed by atoms with Crippen molar-refractivity contribution >= 4 is 13.5 Å². The molecule has 0 spiro atoms. The van der Waals surface area contributed by atoms with Crippen LogP contribution in [0.25, 0.3) is 0 Å². The first-order chi connectivity index (χ1) is 2.50. The molecule has 1 aromatic heterocycles. The van der Waals surface area contributed by atoms with E-state index >= 15 is 0 Å². The maximum absolute atomic E-state index is 4.22. The van der Waals surface area contributed by atoms with E-state index in [0.717, 1.165) is 0 Å². The Hall–Kier alpha value is -0.510. The van der Waals surface area contributed by atoms with Crippen LogP contribution in [0.2, 0.25) is 0 Å². The summed E-state index contributed by atoms with van der Waals surface area (Å²) in [5.74, 6) is 0. The van der Waals surface area contributed by atoms with Crippen LogP contribution in [0, 0.1) is 0 Å². The molecule has 0 amide bonds. The molecule has 0 aliphatic rings. The highest BCUT2D eigenvalue weighted by Gasteiger charge is 1.61. The SMILES string of the molecule is S.c1conn1. The minimum absolute atomic E-state index is 0. The van der Waals surface area contributed by atoms with E-state index in [0.29, 0.717) is 0 Å². The summed E-state index contributed by atoms with van der Waals surface area (Å²) >= 11 is 0. The minimum atomic E-state index is 0. The molecule has 0 bridgehead atoms. The van der Waals surface area contributed by atoms with Gasteiger partial charge in [-0.15, -0.1) is 5.10 Å². The highest BCUT2D eigenvalue weighted by atomic mass is 32.1. The van der Waals surface area contributed by atoms with Gasteiger partial charge in [-0.3, -0.25) is 0 Å². The van der Waals surface area contributed by atoms with Crippen LogP contribution < -0.4 is 0 Å². The molecule has 0 aliphatic heterocycles. The molecule has 0 saturated heterocycles. The van der Waals surface area contributed by atoms with Crippen molar-refractivity contribution in [3.8, 4) is 0 Å². The van der Waals surface area contributed by atoms with Gasteiger partial charge in [0, 0.05) is 5.27 Å². The number of hydrogen-bond acceptors (Lipinski definition) is 3. The quantitative estimate of drug-likeness (QED) is 0.471. The third kappa shape index (κ3) is 1.07. The second-order valence-electron chi connectivity index (χ2n) is 0.588. The molecule has 1 aromatic rings. The summed E-state index contributed by atoms with van der Waals surface area (Å²) in [5.41, 5.74) is 0. The normalized spacial score (nSPS) is 6.67. The lowest BCUT2D eigenvalue weighted by molar-refractivity contribution is 0.393. The number of nitrogens with zero attached hydrogens (tertiary/aromatic N) is 2. The van der Waals surface area contributed by atoms with E-state index in [2.05, 4.69) is 14.9 Å². The molecule has 0 N–H and O–H groups in total. The van der Waals surface area contributed by atoms with Crippen LogP contribution in [-0.2, 0) is 0 Å². The zero-order valence-electron chi connectivity index (χ0n) is 2.96. The van der Waals surface area contributed by atoms with Gasteiger partial charge in [-0.05, 0) is 0 Å². The Morgan fingerprint density at radius 1 is 1.50 bits per heavy atom. The number of rotatable bonds is 0. The Balaban J connectivity index is 0.000000250. The van der Waals surface area contributed by atoms with E-state index in [4.69, 9.17) is 0 Å². The molecule has 0 fully saturated rings. The lowest BCUT2D eigenvalue weighted by Gasteiger charge is -1.45. The lowest BCUT2D eigenvalue weighted by atomic mass is 11.0. The molecule has 4 heteroatoms. The van der Waals surface area contributed by atoms with Crippen molar-refractivity contribution < 1.29 is 4.52 Å². The molecular formula is C2H4N2OS. The fourth-order valence-corrected chi connectivity index (χ4v) is 0.136. The van der Waals surface area contributed by atoms with E-state index in [-0.39, 0.29) is 13.5 Å². The first-order valence-electron chi connectivity index (χ1n) is 1.21. The van der Waals surface area contributed by atoms with Crippen LogP contribution in [0.15, 0.2) is 17.0 Å². The van der Waals surface area contributed by atoms with Crippen LogP contribution in [-0.4, -0.2) is 10.4 Å². The van der Waals surface area contributed by atoms with E-state index < -0.39 is 0 Å². The molecule has 0 radical (unpaired) electrons. The first-order valence-corrected chi connectivity index (χ1v) is 1.21. The van der Waals surface area contributed by atoms with Crippen LogP contribution in [0.5, 0.6) is 0 Å². The molecule has 0 unspecified atom stereocenters. The standard InChI is InChI=1S/C2H2N2O.H2S/c1-2-5-4-3-1;/h1-2H;1H2. The smallest absolute Gasteiger partial charge is 0.144 e. The summed E-state index contributed by atoms with van der Waals surface area (Å²) in [4.78, 5) is 0. The molecule has 1 rings (SSSR count). The molecule has 34 valence electrons. The number of hydrogen-bond donors (Lipinski definition) is 0. The van der Waals surface area contributed by atoms with Crippen molar-refractivity contribution in [1.82, 2.24) is 10.4 Å². The van der Waals surface area contributed by atoms with Crippen molar-refractivity contribution in [1.29, 1.82) is 0 Å². The van der Waals surface area contributed by atoms with Gasteiger partial charge < -0.3 is 4.52 Å². The summed E-state index contributed by atoms with van der Waals surface area (Å²) < 4.78 is 4.22. The zero-order valence-corrected chi connectivity index (χ0v) is 3.96. The predicted molar refractivity (Wildman–Crippen MR) is 24.7 cm³/mol. The van der Waals surface area contributed by atoms with Crippen LogP contribution in [0.4, 0.5) is 0 Å². The average molecular weight is 104 g/mol. The molecule has 0 aliphatic carbocycles. The zero-order chi connectivity index (χ0) is 3.54. The largest absolute Gasteiger partial charge is 0.346 e. The summed E-state index contributed by atoms with van der Waals surface area (Å²) in [6.07, 6.45) is 2.88. The summed E-state index contributed by atoms with van der Waals surface area (Å²) in [6, 6.07) is 0. The highest BCUT2D eigenvalue weighted by Crippen LogP contribution is 1.64. The maximum atomic E-state index is 4.22. The molecule has 1 heterocycles. The van der Waals surface area contributed by atoms with Crippen molar-refractivity contribution in [2.24, 2.45) is 0 Å². The van der Waals surface area contributed by atoms with Gasteiger partial charge in [-0.1, -0.05) is 0 Å². The molecule has 0 saturated carbocycles. The Labute approximate surface area is 41.8 Å². The van der Waals surface area contributed by atoms with Gasteiger partial charge in [0.05, 0.1) is 6.20 Å². The van der Waals surface area contributed by atoms with Gasteiger partial charge in [0.15, 0.2) is 0 Å². The fraction of sp³-hybridized carbons (Fsp3) is 0. The van der Waals surface area contributed by atoms with E-state index in [1.807, 2.05) is 0 Å². The van der Waals surface area contributed by atoms with E-state index in [1.165, 1.54) is 12.5 Å². The van der Waals surface area contributed by atoms with Crippen molar-refractivity contribution in [3.63, 3.8) is 0 Å². The van der Waals surface area contributed by atoms with Gasteiger partial charge in [0.25, 0.3) is 0 Å². The average Bonchev–Trinajstić information content (AvgIpc) is 1.76. The molecule has 6 heavy (non-hydrogen) atoms. The highest BCUT2D eigenvalue weighted by molar-refractivity contribution is 7.59. The Morgan fingerprint density at radius 2 is 2.33 bits per heavy atom. The van der Waals surface area contributed by atoms with Gasteiger partial charge in [0.2, 0.25) is 0 Å². The topological polar surface area (TPSA) is 38.9 Å². The third-order valence-corrected chi connectivity index (χ3v) is 0.283. The number of aromatic nitrogens is 2. The second-order valence-corrected chi connectivity index (χ2v) is 0.588. The fourth-order valence-electron chi connectivity index (χ4n) is 0.136. The van der Waals surface area contributed by atoms with Gasteiger partial charge >= 0.3 is 0 Å². The Bertz CT molecular complexity index is 68.0. The third-order valence-electron chi connectivity index (χ3n) is 0.283. The summed E-state index contributed by atoms with van der Waals surface area (Å²) in [6.45, 7) is 0. The monoisotopic (exact) mass is 104 g/mol. The summed E-state index contributed by atoms with van der Waals surface area (Å²) in [7, 11) is 0. The van der Waals surface area contributed by atoms with Crippen molar-refractivity contribution in [2.45, 2.75) is 0 Å². The Morgan fingerprint density at radius 3 is 2.50 bits per heavy atom. The van der Waals surface area contributed by atoms with Gasteiger partial charge in [-0.25, -0.2) is 0 Å². The predicted octanol–water partition coefficient (Wildman–Crippen LogP) is 0.182. The summed E-state index contributed by atoms with van der Waals surface area (Å²) in [5, 5.41) is 6.40. The molecule has 0 atom stereocenters.